The summed E-state index contributed by atoms with van der Waals surface area (Å²) >= 11 is 5.96. The Morgan fingerprint density at radius 3 is 2.42 bits per heavy atom. The second-order valence-corrected chi connectivity index (χ2v) is 5.42. The van der Waals surface area contributed by atoms with Crippen LogP contribution in [0.4, 0.5) is 11.4 Å². The Morgan fingerprint density at radius 1 is 1.11 bits per heavy atom. The molecule has 0 spiro atoms. The van der Waals surface area contributed by atoms with Crippen LogP contribution in [0.3, 0.4) is 0 Å². The Bertz CT molecular complexity index is 547. The van der Waals surface area contributed by atoms with Crippen LogP contribution in [0.5, 0.6) is 0 Å². The molecule has 3 N–H and O–H groups in total. The van der Waals surface area contributed by atoms with E-state index < -0.39 is 0 Å². The molecule has 0 aliphatic rings. The minimum Gasteiger partial charge on any atom is -0.397 e. The number of anilines is 2. The maximum atomic E-state index is 5.96. The van der Waals surface area contributed by atoms with Crippen LogP contribution in [0, 0.1) is 0 Å². The van der Waals surface area contributed by atoms with Gasteiger partial charge in [-0.25, -0.2) is 0 Å². The molecule has 100 valence electrons. The molecule has 0 atom stereocenters. The van der Waals surface area contributed by atoms with Gasteiger partial charge in [0.25, 0.3) is 0 Å². The van der Waals surface area contributed by atoms with Gasteiger partial charge in [0, 0.05) is 11.6 Å². The number of hydrogen-bond acceptors (Lipinski definition) is 2. The summed E-state index contributed by atoms with van der Waals surface area (Å²) in [7, 11) is 0. The van der Waals surface area contributed by atoms with Crippen LogP contribution >= 0.6 is 11.6 Å². The number of nitrogens with two attached hydrogens (primary N) is 1. The van der Waals surface area contributed by atoms with Gasteiger partial charge in [-0.3, -0.25) is 0 Å². The zero-order chi connectivity index (χ0) is 13.8. The maximum Gasteiger partial charge on any atom is 0.0591 e. The van der Waals surface area contributed by atoms with Crippen molar-refractivity contribution in [1.82, 2.24) is 0 Å². The van der Waals surface area contributed by atoms with Crippen molar-refractivity contribution in [3.05, 3.63) is 58.6 Å². The predicted molar refractivity (Wildman–Crippen MR) is 83.7 cm³/mol. The summed E-state index contributed by atoms with van der Waals surface area (Å²) in [5, 5.41) is 4.00. The van der Waals surface area contributed by atoms with Gasteiger partial charge in [0.2, 0.25) is 0 Å². The monoisotopic (exact) mass is 274 g/mol. The molecule has 2 aromatic carbocycles. The fourth-order valence-electron chi connectivity index (χ4n) is 1.90. The fourth-order valence-corrected chi connectivity index (χ4v) is 2.07. The zero-order valence-electron chi connectivity index (χ0n) is 11.3. The molecular weight excluding hydrogens is 256 g/mol. The summed E-state index contributed by atoms with van der Waals surface area (Å²) in [6.45, 7) is 5.13. The molecule has 0 heterocycles. The van der Waals surface area contributed by atoms with Crippen molar-refractivity contribution < 1.29 is 0 Å². The van der Waals surface area contributed by atoms with Gasteiger partial charge >= 0.3 is 0 Å². The van der Waals surface area contributed by atoms with E-state index in [1.807, 2.05) is 12.1 Å². The van der Waals surface area contributed by atoms with E-state index in [1.54, 1.807) is 6.07 Å². The van der Waals surface area contributed by atoms with Crippen molar-refractivity contribution in [1.29, 1.82) is 0 Å². The van der Waals surface area contributed by atoms with E-state index in [-0.39, 0.29) is 0 Å². The second kappa shape index (κ2) is 5.98. The van der Waals surface area contributed by atoms with E-state index in [0.717, 1.165) is 12.2 Å². The molecule has 0 bridgehead atoms. The number of benzene rings is 2. The van der Waals surface area contributed by atoms with Crippen molar-refractivity contribution in [3.63, 3.8) is 0 Å². The van der Waals surface area contributed by atoms with Gasteiger partial charge in [0.15, 0.2) is 0 Å². The Kier molecular flexibility index (Phi) is 4.33. The van der Waals surface area contributed by atoms with Gasteiger partial charge in [-0.2, -0.15) is 0 Å². The number of nitrogen functional groups attached to an aromatic ring is 1. The molecule has 0 aliphatic heterocycles. The summed E-state index contributed by atoms with van der Waals surface area (Å²) in [4.78, 5) is 0. The molecule has 19 heavy (non-hydrogen) atoms. The lowest BCUT2D eigenvalue weighted by Gasteiger charge is -2.11. The molecule has 2 rings (SSSR count). The highest BCUT2D eigenvalue weighted by Crippen LogP contribution is 2.23. The van der Waals surface area contributed by atoms with Crippen molar-refractivity contribution in [3.8, 4) is 0 Å². The maximum absolute atomic E-state index is 5.96. The highest BCUT2D eigenvalue weighted by atomic mass is 35.5. The molecule has 0 fully saturated rings. The third-order valence-corrected chi connectivity index (χ3v) is 3.38. The molecular formula is C16H19ClN2. The van der Waals surface area contributed by atoms with Crippen LogP contribution in [0.2, 0.25) is 5.02 Å². The van der Waals surface area contributed by atoms with Crippen molar-refractivity contribution >= 4 is 23.0 Å². The van der Waals surface area contributed by atoms with Crippen LogP contribution < -0.4 is 11.1 Å². The van der Waals surface area contributed by atoms with E-state index >= 15 is 0 Å². The minimum atomic E-state index is 0.561. The minimum absolute atomic E-state index is 0.561. The largest absolute Gasteiger partial charge is 0.397 e. The smallest absolute Gasteiger partial charge is 0.0591 e. The zero-order valence-corrected chi connectivity index (χ0v) is 12.0. The summed E-state index contributed by atoms with van der Waals surface area (Å²) < 4.78 is 0. The SMILES string of the molecule is CC(C)c1ccc(CNc2cc(Cl)ccc2N)cc1. The first-order valence-corrected chi connectivity index (χ1v) is 6.82. The molecule has 0 unspecified atom stereocenters. The van der Waals surface area contributed by atoms with Crippen LogP contribution in [0.15, 0.2) is 42.5 Å². The second-order valence-electron chi connectivity index (χ2n) is 4.98. The number of rotatable bonds is 4. The molecule has 2 aromatic rings. The van der Waals surface area contributed by atoms with E-state index in [0.29, 0.717) is 16.6 Å². The molecule has 0 radical (unpaired) electrons. The molecule has 2 nitrogen and oxygen atoms in total. The molecule has 0 aromatic heterocycles. The Morgan fingerprint density at radius 2 is 1.79 bits per heavy atom. The molecule has 3 heteroatoms. The van der Waals surface area contributed by atoms with Gasteiger partial charge in [0.05, 0.1) is 11.4 Å². The van der Waals surface area contributed by atoms with Gasteiger partial charge in [-0.1, -0.05) is 49.7 Å². The van der Waals surface area contributed by atoms with Crippen LogP contribution in [0.25, 0.3) is 0 Å². The lowest BCUT2D eigenvalue weighted by molar-refractivity contribution is 0.865. The summed E-state index contributed by atoms with van der Waals surface area (Å²) in [6.07, 6.45) is 0. The standard InChI is InChI=1S/C16H19ClN2/c1-11(2)13-5-3-12(4-6-13)10-19-16-9-14(17)7-8-15(16)18/h3-9,11,19H,10,18H2,1-2H3. The Labute approximate surface area is 119 Å². The van der Waals surface area contributed by atoms with Gasteiger partial charge < -0.3 is 11.1 Å². The first-order chi connectivity index (χ1) is 9.06. The van der Waals surface area contributed by atoms with E-state index in [1.165, 1.54) is 11.1 Å². The number of halogens is 1. The molecule has 0 amide bonds. The quantitative estimate of drug-likeness (QED) is 0.796. The van der Waals surface area contributed by atoms with Crippen LogP contribution in [-0.4, -0.2) is 0 Å². The van der Waals surface area contributed by atoms with E-state index in [2.05, 4.69) is 43.4 Å². The number of nitrogens with one attached hydrogen (secondary N) is 1. The summed E-state index contributed by atoms with van der Waals surface area (Å²) in [5.41, 5.74) is 10.1. The summed E-state index contributed by atoms with van der Waals surface area (Å²) in [6, 6.07) is 14.1. The van der Waals surface area contributed by atoms with Crippen molar-refractivity contribution in [2.45, 2.75) is 26.3 Å². The van der Waals surface area contributed by atoms with Crippen LogP contribution in [-0.2, 0) is 6.54 Å². The third kappa shape index (κ3) is 3.65. The third-order valence-electron chi connectivity index (χ3n) is 3.14. The average Bonchev–Trinajstić information content (AvgIpc) is 2.40. The van der Waals surface area contributed by atoms with Crippen molar-refractivity contribution in [2.24, 2.45) is 0 Å². The van der Waals surface area contributed by atoms with E-state index in [4.69, 9.17) is 17.3 Å². The highest BCUT2D eigenvalue weighted by molar-refractivity contribution is 6.31. The lowest BCUT2D eigenvalue weighted by Crippen LogP contribution is -2.02. The number of hydrogen-bond donors (Lipinski definition) is 2. The first kappa shape index (κ1) is 13.8. The highest BCUT2D eigenvalue weighted by Gasteiger charge is 2.01. The lowest BCUT2D eigenvalue weighted by atomic mass is 10.0. The van der Waals surface area contributed by atoms with Crippen molar-refractivity contribution in [2.75, 3.05) is 11.1 Å². The summed E-state index contributed by atoms with van der Waals surface area (Å²) in [5.74, 6) is 0.561. The normalized spacial score (nSPS) is 10.7. The molecule has 0 saturated carbocycles. The Hall–Kier alpha value is -1.67. The van der Waals surface area contributed by atoms with Gasteiger partial charge in [0.1, 0.15) is 0 Å². The average molecular weight is 275 g/mol. The molecule has 0 saturated heterocycles. The fraction of sp³-hybridized carbons (Fsp3) is 0.250. The topological polar surface area (TPSA) is 38.0 Å². The van der Waals surface area contributed by atoms with E-state index in [9.17, 15) is 0 Å². The predicted octanol–water partition coefficient (Wildman–Crippen LogP) is 4.66. The van der Waals surface area contributed by atoms with Gasteiger partial charge in [-0.15, -0.1) is 0 Å². The van der Waals surface area contributed by atoms with Crippen LogP contribution in [0.1, 0.15) is 30.9 Å². The molecule has 0 aliphatic carbocycles. The Balaban J connectivity index is 2.04. The van der Waals surface area contributed by atoms with Gasteiger partial charge in [-0.05, 0) is 35.2 Å². The first-order valence-electron chi connectivity index (χ1n) is 6.44.